The van der Waals surface area contributed by atoms with Crippen molar-refractivity contribution in [2.24, 2.45) is 12.0 Å². The molecule has 0 radical (unpaired) electrons. The Kier molecular flexibility index (Phi) is 6.32. The molecule has 0 atom stereocenters. The van der Waals surface area contributed by atoms with Crippen molar-refractivity contribution in [1.82, 2.24) is 9.13 Å². The topological polar surface area (TPSA) is 57.8 Å². The fourth-order valence-electron chi connectivity index (χ4n) is 4.29. The van der Waals surface area contributed by atoms with Crippen LogP contribution in [-0.2, 0) is 20.0 Å². The molecule has 0 spiro atoms. The van der Waals surface area contributed by atoms with Gasteiger partial charge in [0.15, 0.2) is 11.5 Å². The number of hydrogen-bond acceptors (Lipinski definition) is 4. The van der Waals surface area contributed by atoms with E-state index in [1.165, 1.54) is 5.56 Å². The lowest BCUT2D eigenvalue weighted by atomic mass is 9.97. The van der Waals surface area contributed by atoms with Crippen molar-refractivity contribution in [3.63, 3.8) is 0 Å². The van der Waals surface area contributed by atoms with Crippen molar-refractivity contribution in [1.29, 1.82) is 0 Å². The Hall–Kier alpha value is -2.99. The molecule has 6 nitrogen and oxygen atoms in total. The first-order chi connectivity index (χ1) is 14.3. The molecule has 0 unspecified atom stereocenters. The van der Waals surface area contributed by atoms with Gasteiger partial charge in [-0.1, -0.05) is 17.7 Å². The lowest BCUT2D eigenvalue weighted by Crippen LogP contribution is -2.40. The van der Waals surface area contributed by atoms with Crippen LogP contribution in [-0.4, -0.2) is 23.4 Å². The van der Waals surface area contributed by atoms with Crippen LogP contribution in [0.1, 0.15) is 22.3 Å². The highest BCUT2D eigenvalue weighted by atomic mass is 35.5. The van der Waals surface area contributed by atoms with E-state index in [1.807, 2.05) is 22.8 Å². The van der Waals surface area contributed by atoms with E-state index in [4.69, 9.17) is 14.5 Å². The van der Waals surface area contributed by atoms with E-state index in [0.29, 0.717) is 23.5 Å². The number of benzene rings is 2. The smallest absolute Gasteiger partial charge is 0.329 e. The molecule has 0 saturated heterocycles. The summed E-state index contributed by atoms with van der Waals surface area (Å²) in [6.07, 6.45) is 0.759. The van der Waals surface area contributed by atoms with E-state index in [-0.39, 0.29) is 18.1 Å². The third-order valence-electron chi connectivity index (χ3n) is 5.77. The number of aryl methyl sites for hydroxylation is 4. The summed E-state index contributed by atoms with van der Waals surface area (Å²) in [6.45, 7) is 6.80. The molecular weight excluding hydrogens is 414 g/mol. The minimum Gasteiger partial charge on any atom is -0.493 e. The van der Waals surface area contributed by atoms with Crippen LogP contribution in [0, 0.1) is 20.8 Å². The third-order valence-corrected chi connectivity index (χ3v) is 5.77. The Bertz CT molecular complexity index is 1270. The summed E-state index contributed by atoms with van der Waals surface area (Å²) in [5.41, 5.74) is 7.81. The lowest BCUT2D eigenvalue weighted by molar-refractivity contribution is 0.354. The monoisotopic (exact) mass is 441 g/mol. The number of hydrogen-bond donors (Lipinski definition) is 0. The number of nitrogens with zero attached hydrogens (tertiary/aromatic N) is 3. The second-order valence-electron chi connectivity index (χ2n) is 7.85. The van der Waals surface area contributed by atoms with Crippen LogP contribution in [0.2, 0.25) is 0 Å². The van der Waals surface area contributed by atoms with Gasteiger partial charge in [-0.25, -0.2) is 9.79 Å². The van der Waals surface area contributed by atoms with Gasteiger partial charge in [-0.2, -0.15) is 0 Å². The second kappa shape index (κ2) is 8.63. The molecular formula is C24H28ClN3O3. The van der Waals surface area contributed by atoms with Crippen LogP contribution in [0.4, 0.5) is 5.69 Å². The second-order valence-corrected chi connectivity index (χ2v) is 7.85. The highest BCUT2D eigenvalue weighted by Crippen LogP contribution is 2.37. The van der Waals surface area contributed by atoms with Gasteiger partial charge in [-0.05, 0) is 56.0 Å². The van der Waals surface area contributed by atoms with E-state index >= 15 is 0 Å². The number of fused-ring (bicyclic) bond motifs is 3. The molecule has 164 valence electrons. The Morgan fingerprint density at radius 1 is 0.935 bits per heavy atom. The van der Waals surface area contributed by atoms with Gasteiger partial charge in [0.1, 0.15) is 5.49 Å². The van der Waals surface area contributed by atoms with Gasteiger partial charge in [-0.3, -0.25) is 9.13 Å². The van der Waals surface area contributed by atoms with E-state index in [9.17, 15) is 4.79 Å². The zero-order valence-corrected chi connectivity index (χ0v) is 19.6. The van der Waals surface area contributed by atoms with Crippen LogP contribution in [0.15, 0.2) is 40.1 Å². The van der Waals surface area contributed by atoms with Gasteiger partial charge in [0.25, 0.3) is 0 Å². The first-order valence-electron chi connectivity index (χ1n) is 10.0. The minimum absolute atomic E-state index is 0. The van der Waals surface area contributed by atoms with Crippen molar-refractivity contribution < 1.29 is 9.47 Å². The van der Waals surface area contributed by atoms with E-state index in [2.05, 4.69) is 32.9 Å². The number of halogens is 1. The molecule has 4 rings (SSSR count). The summed E-state index contributed by atoms with van der Waals surface area (Å²) in [4.78, 5) is 18.0. The molecule has 0 bridgehead atoms. The summed E-state index contributed by atoms with van der Waals surface area (Å²) in [5.74, 6) is 1.35. The van der Waals surface area contributed by atoms with E-state index < -0.39 is 0 Å². The molecule has 1 aromatic heterocycles. The number of ether oxygens (including phenoxy) is 2. The van der Waals surface area contributed by atoms with Crippen LogP contribution >= 0.6 is 12.4 Å². The van der Waals surface area contributed by atoms with Gasteiger partial charge >= 0.3 is 5.69 Å². The summed E-state index contributed by atoms with van der Waals surface area (Å²) in [7, 11) is 5.03. The van der Waals surface area contributed by atoms with Crippen LogP contribution < -0.4 is 20.7 Å². The number of aromatic nitrogens is 2. The normalized spacial score (nSPS) is 12.6. The highest BCUT2D eigenvalue weighted by Gasteiger charge is 2.21. The molecule has 1 aliphatic heterocycles. The van der Waals surface area contributed by atoms with Crippen LogP contribution in [0.5, 0.6) is 11.5 Å². The molecule has 0 fully saturated rings. The summed E-state index contributed by atoms with van der Waals surface area (Å²) >= 11 is 0. The van der Waals surface area contributed by atoms with Crippen molar-refractivity contribution in [3.05, 3.63) is 68.6 Å². The predicted octanol–water partition coefficient (Wildman–Crippen LogP) is 4.01. The van der Waals surface area contributed by atoms with Crippen molar-refractivity contribution in [3.8, 4) is 22.8 Å². The molecule has 3 aromatic rings. The molecule has 2 heterocycles. The summed E-state index contributed by atoms with van der Waals surface area (Å²) < 4.78 is 14.4. The fraction of sp³-hybridized carbons (Fsp3) is 0.333. The zero-order valence-electron chi connectivity index (χ0n) is 18.8. The molecule has 0 saturated carbocycles. The molecule has 7 heteroatoms. The van der Waals surface area contributed by atoms with Crippen molar-refractivity contribution in [2.75, 3.05) is 14.2 Å². The maximum absolute atomic E-state index is 13.1. The van der Waals surface area contributed by atoms with Crippen LogP contribution in [0.3, 0.4) is 0 Å². The van der Waals surface area contributed by atoms with Crippen LogP contribution in [0.25, 0.3) is 11.3 Å². The van der Waals surface area contributed by atoms with Crippen molar-refractivity contribution >= 4 is 18.1 Å². The van der Waals surface area contributed by atoms with Gasteiger partial charge in [-0.15, -0.1) is 12.4 Å². The third kappa shape index (κ3) is 3.88. The molecule has 0 aliphatic carbocycles. The molecule has 1 aliphatic rings. The first kappa shape index (κ1) is 22.7. The lowest BCUT2D eigenvalue weighted by Gasteiger charge is -2.24. The molecule has 2 aromatic carbocycles. The fourth-order valence-corrected chi connectivity index (χ4v) is 4.29. The maximum atomic E-state index is 13.1. The average molecular weight is 442 g/mol. The highest BCUT2D eigenvalue weighted by molar-refractivity contribution is 5.85. The quantitative estimate of drug-likeness (QED) is 0.617. The summed E-state index contributed by atoms with van der Waals surface area (Å²) in [6, 6.07) is 10.2. The standard InChI is InChI=1S/C24H27N3O3.ClH/c1-14-9-15(2)23(16(3)10-14)25-22-13-19-18-12-21(30-6)20(29-5)11-17(18)7-8-27(19)24(28)26(22)4;/h9-13H,7-8H2,1-6H3;1H/b25-22+;. The predicted molar refractivity (Wildman–Crippen MR) is 125 cm³/mol. The number of methoxy groups -OCH3 is 2. The largest absolute Gasteiger partial charge is 0.493 e. The van der Waals surface area contributed by atoms with Gasteiger partial charge < -0.3 is 9.47 Å². The zero-order chi connectivity index (χ0) is 21.6. The Balaban J connectivity index is 0.00000272. The average Bonchev–Trinajstić information content (AvgIpc) is 2.72. The van der Waals surface area contributed by atoms with E-state index in [0.717, 1.165) is 40.1 Å². The SMILES string of the molecule is COc1cc2c(cc1OC)-c1c/c(=N\c3c(C)cc(C)cc3C)n(C)c(=O)n1CC2.Cl. The first-order valence-corrected chi connectivity index (χ1v) is 10.0. The van der Waals surface area contributed by atoms with Gasteiger partial charge in [0.2, 0.25) is 0 Å². The number of rotatable bonds is 3. The van der Waals surface area contributed by atoms with Gasteiger partial charge in [0, 0.05) is 25.2 Å². The van der Waals surface area contributed by atoms with E-state index in [1.54, 1.807) is 25.8 Å². The maximum Gasteiger partial charge on any atom is 0.329 e. The Morgan fingerprint density at radius 3 is 2.16 bits per heavy atom. The Morgan fingerprint density at radius 2 is 1.55 bits per heavy atom. The molecule has 31 heavy (non-hydrogen) atoms. The van der Waals surface area contributed by atoms with Crippen molar-refractivity contribution in [2.45, 2.75) is 33.7 Å². The molecule has 0 amide bonds. The Labute approximate surface area is 188 Å². The van der Waals surface area contributed by atoms with Gasteiger partial charge in [0.05, 0.1) is 25.6 Å². The molecule has 0 N–H and O–H groups in total. The minimum atomic E-state index is -0.0749. The summed E-state index contributed by atoms with van der Waals surface area (Å²) in [5, 5.41) is 0.